The first-order valence-electron chi connectivity index (χ1n) is 23.2. The second kappa shape index (κ2) is 24.1. The zero-order valence-corrected chi connectivity index (χ0v) is 42.3. The van der Waals surface area contributed by atoms with Crippen LogP contribution in [0.1, 0.15) is 106 Å². The minimum absolute atomic E-state index is 0.0151. The molecule has 2 saturated heterocycles. The van der Waals surface area contributed by atoms with Gasteiger partial charge in [-0.25, -0.2) is 22.9 Å². The number of aromatic nitrogens is 1. The highest BCUT2D eigenvalue weighted by Gasteiger charge is 2.37. The number of benzene rings is 2. The fourth-order valence-electron chi connectivity index (χ4n) is 8.92. The second-order valence-electron chi connectivity index (χ2n) is 18.9. The number of amides is 2. The lowest BCUT2D eigenvalue weighted by atomic mass is 9.80. The van der Waals surface area contributed by atoms with Gasteiger partial charge in [-0.1, -0.05) is 55.3 Å². The zero-order chi connectivity index (χ0) is 48.9. The monoisotopic (exact) mass is 984 g/mol. The lowest BCUT2D eigenvalue weighted by Crippen LogP contribution is -2.61. The molecule has 15 nitrogen and oxygen atoms in total. The number of thiophene rings is 1. The van der Waals surface area contributed by atoms with Gasteiger partial charge >= 0.3 is 0 Å². The van der Waals surface area contributed by atoms with Gasteiger partial charge in [0.1, 0.15) is 5.84 Å². The van der Waals surface area contributed by atoms with Gasteiger partial charge in [0.2, 0.25) is 10.0 Å². The van der Waals surface area contributed by atoms with Gasteiger partial charge in [-0.15, -0.1) is 11.3 Å². The normalized spacial score (nSPS) is 20.1. The van der Waals surface area contributed by atoms with E-state index in [1.165, 1.54) is 29.7 Å². The van der Waals surface area contributed by atoms with E-state index in [9.17, 15) is 26.8 Å². The van der Waals surface area contributed by atoms with Crippen molar-refractivity contribution < 1.29 is 26.8 Å². The summed E-state index contributed by atoms with van der Waals surface area (Å²) in [6, 6.07) is 19.5. The second-order valence-corrected chi connectivity index (χ2v) is 22.5. The molecular formula is C50H66N9O6S3-. The molecule has 6 heterocycles. The van der Waals surface area contributed by atoms with Crippen LogP contribution in [-0.2, 0) is 39.2 Å². The Morgan fingerprint density at radius 2 is 1.59 bits per heavy atom. The van der Waals surface area contributed by atoms with E-state index in [0.29, 0.717) is 42.2 Å². The highest BCUT2D eigenvalue weighted by molar-refractivity contribution is 7.89. The molecule has 4 aromatic rings. The number of aliphatic imine (C=N–C) groups is 1. The summed E-state index contributed by atoms with van der Waals surface area (Å²) < 4.78 is 52.6. The summed E-state index contributed by atoms with van der Waals surface area (Å²) in [6.07, 6.45) is 19.7. The van der Waals surface area contributed by atoms with Crippen LogP contribution in [-0.4, -0.2) is 87.0 Å². The van der Waals surface area contributed by atoms with Gasteiger partial charge in [0.05, 0.1) is 20.0 Å². The molecule has 68 heavy (non-hydrogen) atoms. The Balaban J connectivity index is 0.000000185. The van der Waals surface area contributed by atoms with Crippen molar-refractivity contribution in [3.63, 3.8) is 0 Å². The molecule has 4 aliphatic rings. The molecule has 2 fully saturated rings. The van der Waals surface area contributed by atoms with Crippen LogP contribution in [0.2, 0.25) is 0 Å². The molecule has 2 aromatic carbocycles. The summed E-state index contributed by atoms with van der Waals surface area (Å²) in [7, 11) is -3.56. The molecule has 0 spiro atoms. The Morgan fingerprint density at radius 1 is 0.926 bits per heavy atom. The fourth-order valence-corrected chi connectivity index (χ4v) is 11.4. The highest BCUT2D eigenvalue weighted by Crippen LogP contribution is 2.29. The quantitative estimate of drug-likeness (QED) is 0.0730. The van der Waals surface area contributed by atoms with E-state index in [1.54, 1.807) is 48.9 Å². The Kier molecular flexibility index (Phi) is 18.6. The summed E-state index contributed by atoms with van der Waals surface area (Å²) in [5.41, 5.74) is 3.77. The van der Waals surface area contributed by atoms with Crippen LogP contribution in [0.25, 0.3) is 10.1 Å². The van der Waals surface area contributed by atoms with Crippen LogP contribution in [0.15, 0.2) is 119 Å². The third-order valence-corrected chi connectivity index (χ3v) is 15.1. The van der Waals surface area contributed by atoms with Gasteiger partial charge in [-0.05, 0) is 132 Å². The van der Waals surface area contributed by atoms with Crippen molar-refractivity contribution in [1.29, 1.82) is 0 Å². The molecular weight excluding hydrogens is 919 g/mol. The average molecular weight is 985 g/mol. The summed E-state index contributed by atoms with van der Waals surface area (Å²) in [6.45, 7) is 14.6. The molecule has 0 aliphatic carbocycles. The highest BCUT2D eigenvalue weighted by atomic mass is 32.2. The molecule has 4 aliphatic heterocycles. The van der Waals surface area contributed by atoms with E-state index in [1.807, 2.05) is 66.6 Å². The van der Waals surface area contributed by atoms with Crippen molar-refractivity contribution in [2.75, 3.05) is 13.1 Å². The zero-order valence-electron chi connectivity index (χ0n) is 39.8. The number of rotatable bonds is 14. The van der Waals surface area contributed by atoms with E-state index in [0.717, 1.165) is 65.7 Å². The van der Waals surface area contributed by atoms with Gasteiger partial charge in [-0.2, -0.15) is 0 Å². The Bertz CT molecular complexity index is 2560. The van der Waals surface area contributed by atoms with Crippen LogP contribution >= 0.6 is 11.3 Å². The molecule has 0 bridgehead atoms. The number of fused-ring (bicyclic) bond motifs is 2. The first-order chi connectivity index (χ1) is 32.4. The van der Waals surface area contributed by atoms with Gasteiger partial charge in [-0.3, -0.25) is 18.8 Å². The minimum atomic E-state index is -3.56. The number of nitrogens with zero attached hydrogens (tertiary/aromatic N) is 3. The minimum Gasteiger partial charge on any atom is -0.760 e. The average Bonchev–Trinajstić information content (AvgIpc) is 3.75. The number of aryl methyl sites for hydroxylation is 1. The molecule has 18 heteroatoms. The maximum atomic E-state index is 12.6. The third kappa shape index (κ3) is 16.1. The van der Waals surface area contributed by atoms with Crippen molar-refractivity contribution in [3.8, 4) is 0 Å². The van der Waals surface area contributed by atoms with E-state index in [4.69, 9.17) is 0 Å². The number of pyridine rings is 1. The van der Waals surface area contributed by atoms with Gasteiger partial charge in [0.15, 0.2) is 0 Å². The fraction of sp³-hybridized carbons (Fsp3) is 0.440. The number of sulfonamides is 1. The van der Waals surface area contributed by atoms with E-state index in [-0.39, 0.29) is 33.8 Å². The Hall–Kier alpha value is -4.92. The molecule has 3 unspecified atom stereocenters. The maximum Gasteiger partial charge on any atom is 0.261 e. The van der Waals surface area contributed by atoms with Crippen molar-refractivity contribution in [3.05, 3.63) is 131 Å². The molecule has 8 rings (SSSR count). The number of nitrogens with one attached hydrogen (secondary N) is 6. The number of carbonyl (C=O) groups excluding carboxylic acids is 2. The summed E-state index contributed by atoms with van der Waals surface area (Å²) in [5.74, 6) is 0.643. The standard InChI is InChI=1S/C24H30N4O3S2.C17H17N3O.C9H20N2O2S/c1-2-19-4-3-5-20(28-19)11-13-27-33(30,31)21-8-6-17(7-9-21)15-26-24(29)22-14-18-10-12-25-16-23(18)32-22;1-13-3-5-14(6-4-13)11-19-17(21)15-7-8-16-18-9-2-10-20(16)12-15;1-8(2)5-7(10-14(12)13)6-9(3,4)11-8/h6-10,12,14,16,19-20,27-28H,2-5,11,13,15H2,1H3,(H,26,29);2-9,12H,10-11H2,1H3,(H,19,21);7,10-11H,5-6H2,1-4H3,(H,12,13)/p-1. The molecule has 2 aromatic heterocycles. The SMILES string of the molecule is CC1(C)CC(NS(=O)[O-])CC(C)(C)N1.CCC1CCCC(CCNS(=O)(=O)c2ccc(CNC(=O)c3cc4ccncc4s3)cc2)N1.Cc1ccc(CNC(=O)C2=CN3CC=CN=C3C=C2)cc1. The third-order valence-electron chi connectivity index (χ3n) is 12.0. The molecule has 0 saturated carbocycles. The maximum absolute atomic E-state index is 12.6. The first-order valence-corrected chi connectivity index (χ1v) is 26.6. The predicted octanol–water partition coefficient (Wildman–Crippen LogP) is 6.79. The van der Waals surface area contributed by atoms with E-state index in [2.05, 4.69) is 75.3 Å². The van der Waals surface area contributed by atoms with Crippen LogP contribution in [0.3, 0.4) is 0 Å². The largest absolute Gasteiger partial charge is 0.760 e. The van der Waals surface area contributed by atoms with Crippen LogP contribution in [0.5, 0.6) is 0 Å². The Labute approximate surface area is 408 Å². The van der Waals surface area contributed by atoms with Gasteiger partial charge in [0, 0.05) is 91.4 Å². The lowest BCUT2D eigenvalue weighted by molar-refractivity contribution is -0.117. The first kappa shape index (κ1) is 52.5. The van der Waals surface area contributed by atoms with Crippen molar-refractivity contribution in [1.82, 2.24) is 40.6 Å². The summed E-state index contributed by atoms with van der Waals surface area (Å²) in [4.78, 5) is 35.8. The van der Waals surface area contributed by atoms with Crippen molar-refractivity contribution in [2.45, 2.75) is 134 Å². The van der Waals surface area contributed by atoms with E-state index >= 15 is 0 Å². The number of hydrogen-bond acceptors (Lipinski definition) is 12. The molecule has 366 valence electrons. The molecule has 2 amide bonds. The van der Waals surface area contributed by atoms with Crippen molar-refractivity contribution >= 4 is 60.4 Å². The molecule has 3 atom stereocenters. The predicted molar refractivity (Wildman–Crippen MR) is 272 cm³/mol. The molecule has 6 N–H and O–H groups in total. The number of carbonyl (C=O) groups is 2. The van der Waals surface area contributed by atoms with Crippen LogP contribution in [0.4, 0.5) is 0 Å². The number of piperidine rings is 2. The van der Waals surface area contributed by atoms with Crippen LogP contribution in [0, 0.1) is 6.92 Å². The van der Waals surface area contributed by atoms with Gasteiger partial charge < -0.3 is 30.7 Å². The molecule has 0 radical (unpaired) electrons. The lowest BCUT2D eigenvalue weighted by Gasteiger charge is -2.46. The Morgan fingerprint density at radius 3 is 2.25 bits per heavy atom. The van der Waals surface area contributed by atoms with Gasteiger partial charge in [0.25, 0.3) is 11.8 Å². The summed E-state index contributed by atoms with van der Waals surface area (Å²) >= 11 is -0.759. The number of amidine groups is 1. The summed E-state index contributed by atoms with van der Waals surface area (Å²) in [5, 5.41) is 13.9. The number of hydrogen-bond donors (Lipinski definition) is 6. The smallest absolute Gasteiger partial charge is 0.261 e. The van der Waals surface area contributed by atoms with Crippen LogP contribution < -0.4 is 30.7 Å². The van der Waals surface area contributed by atoms with Crippen molar-refractivity contribution in [2.24, 2.45) is 4.99 Å². The van der Waals surface area contributed by atoms with E-state index < -0.39 is 21.3 Å². The topological polar surface area (TPSA) is 209 Å².